The van der Waals surface area contributed by atoms with Gasteiger partial charge in [-0.15, -0.1) is 0 Å². The molecule has 2 fully saturated rings. The van der Waals surface area contributed by atoms with Crippen LogP contribution in [0.25, 0.3) is 0 Å². The molecule has 3 rings (SSSR count). The molecule has 2 N–H and O–H groups in total. The molecule has 1 aromatic rings. The second-order valence-corrected chi connectivity index (χ2v) is 5.71. The average Bonchev–Trinajstić information content (AvgIpc) is 3.22. The molecule has 4 heteroatoms. The summed E-state index contributed by atoms with van der Waals surface area (Å²) in [5.41, 5.74) is 1.13. The molecule has 1 heterocycles. The summed E-state index contributed by atoms with van der Waals surface area (Å²) >= 11 is 0. The minimum atomic E-state index is 0.0512. The zero-order valence-electron chi connectivity index (χ0n) is 11.7. The SMILES string of the molecule is O=C(CNC1CCOC1C1CC1)NCc1ccccc1. The van der Waals surface area contributed by atoms with E-state index in [0.29, 0.717) is 25.2 Å². The Morgan fingerprint density at radius 2 is 2.00 bits per heavy atom. The van der Waals surface area contributed by atoms with Gasteiger partial charge in [0, 0.05) is 19.2 Å². The van der Waals surface area contributed by atoms with Gasteiger partial charge in [0.1, 0.15) is 0 Å². The number of hydrogen-bond donors (Lipinski definition) is 2. The molecule has 2 aliphatic rings. The molecular weight excluding hydrogens is 252 g/mol. The van der Waals surface area contributed by atoms with E-state index in [1.54, 1.807) is 0 Å². The second kappa shape index (κ2) is 6.37. The monoisotopic (exact) mass is 274 g/mol. The molecule has 4 nitrogen and oxygen atoms in total. The lowest BCUT2D eigenvalue weighted by molar-refractivity contribution is -0.120. The number of rotatable bonds is 6. The molecular formula is C16H22N2O2. The zero-order valence-corrected chi connectivity index (χ0v) is 11.7. The minimum absolute atomic E-state index is 0.0512. The second-order valence-electron chi connectivity index (χ2n) is 5.71. The van der Waals surface area contributed by atoms with Crippen LogP contribution in [0, 0.1) is 5.92 Å². The van der Waals surface area contributed by atoms with Gasteiger partial charge in [0.2, 0.25) is 5.91 Å². The third-order valence-corrected chi connectivity index (χ3v) is 4.08. The fraction of sp³-hybridized carbons (Fsp3) is 0.562. The molecule has 0 radical (unpaired) electrons. The van der Waals surface area contributed by atoms with Gasteiger partial charge in [-0.2, -0.15) is 0 Å². The van der Waals surface area contributed by atoms with Gasteiger partial charge in [-0.3, -0.25) is 4.79 Å². The van der Waals surface area contributed by atoms with Crippen LogP contribution in [0.2, 0.25) is 0 Å². The standard InChI is InChI=1S/C16H22N2O2/c19-15(18-10-12-4-2-1-3-5-12)11-17-14-8-9-20-16(14)13-6-7-13/h1-5,13-14,16-17H,6-11H2,(H,18,19). The molecule has 1 saturated carbocycles. The number of hydrogen-bond acceptors (Lipinski definition) is 3. The quantitative estimate of drug-likeness (QED) is 0.825. The predicted molar refractivity (Wildman–Crippen MR) is 77.2 cm³/mol. The lowest BCUT2D eigenvalue weighted by atomic mass is 10.1. The number of nitrogens with one attached hydrogen (secondary N) is 2. The predicted octanol–water partition coefficient (Wildman–Crippen LogP) is 1.46. The maximum absolute atomic E-state index is 11.9. The number of amides is 1. The highest BCUT2D eigenvalue weighted by molar-refractivity contribution is 5.78. The first-order valence-electron chi connectivity index (χ1n) is 7.48. The fourth-order valence-electron chi connectivity index (χ4n) is 2.80. The fourth-order valence-corrected chi connectivity index (χ4v) is 2.80. The topological polar surface area (TPSA) is 50.4 Å². The van der Waals surface area contributed by atoms with E-state index in [2.05, 4.69) is 10.6 Å². The summed E-state index contributed by atoms with van der Waals surface area (Å²) in [6.07, 6.45) is 3.91. The van der Waals surface area contributed by atoms with Crippen molar-refractivity contribution in [2.45, 2.75) is 38.0 Å². The van der Waals surface area contributed by atoms with Crippen LogP contribution in [0.15, 0.2) is 30.3 Å². The number of carbonyl (C=O) groups is 1. The molecule has 1 aliphatic carbocycles. The maximum Gasteiger partial charge on any atom is 0.234 e. The zero-order chi connectivity index (χ0) is 13.8. The Kier molecular flexibility index (Phi) is 4.33. The van der Waals surface area contributed by atoms with Crippen LogP contribution < -0.4 is 10.6 Å². The minimum Gasteiger partial charge on any atom is -0.376 e. The molecule has 20 heavy (non-hydrogen) atoms. The largest absolute Gasteiger partial charge is 0.376 e. The van der Waals surface area contributed by atoms with Crippen molar-refractivity contribution in [2.75, 3.05) is 13.2 Å². The van der Waals surface area contributed by atoms with Gasteiger partial charge < -0.3 is 15.4 Å². The third kappa shape index (κ3) is 3.58. The van der Waals surface area contributed by atoms with Crippen LogP contribution in [-0.2, 0) is 16.1 Å². The molecule has 1 aliphatic heterocycles. The average molecular weight is 274 g/mol. The van der Waals surface area contributed by atoms with E-state index in [0.717, 1.165) is 24.5 Å². The number of benzene rings is 1. The lowest BCUT2D eigenvalue weighted by Gasteiger charge is -2.19. The molecule has 1 amide bonds. The summed E-state index contributed by atoms with van der Waals surface area (Å²) in [6, 6.07) is 10.3. The number of ether oxygens (including phenoxy) is 1. The molecule has 0 bridgehead atoms. The molecule has 0 aromatic heterocycles. The van der Waals surface area contributed by atoms with Crippen molar-refractivity contribution in [1.82, 2.24) is 10.6 Å². The van der Waals surface area contributed by atoms with E-state index in [9.17, 15) is 4.79 Å². The Balaban J connectivity index is 1.38. The Labute approximate surface area is 119 Å². The molecule has 1 saturated heterocycles. The van der Waals surface area contributed by atoms with Gasteiger partial charge in [-0.05, 0) is 30.7 Å². The van der Waals surface area contributed by atoms with Gasteiger partial charge in [-0.25, -0.2) is 0 Å². The van der Waals surface area contributed by atoms with E-state index in [4.69, 9.17) is 4.74 Å². The third-order valence-electron chi connectivity index (χ3n) is 4.08. The summed E-state index contributed by atoms with van der Waals surface area (Å²) < 4.78 is 5.76. The van der Waals surface area contributed by atoms with Crippen LogP contribution in [0.4, 0.5) is 0 Å². The van der Waals surface area contributed by atoms with Gasteiger partial charge >= 0.3 is 0 Å². The normalized spacial score (nSPS) is 25.6. The Morgan fingerprint density at radius 3 is 2.75 bits per heavy atom. The van der Waals surface area contributed by atoms with E-state index in [-0.39, 0.29) is 5.91 Å². The Bertz CT molecular complexity index is 445. The van der Waals surface area contributed by atoms with E-state index in [1.165, 1.54) is 12.8 Å². The lowest BCUT2D eigenvalue weighted by Crippen LogP contribution is -2.43. The smallest absolute Gasteiger partial charge is 0.234 e. The van der Waals surface area contributed by atoms with Crippen molar-refractivity contribution < 1.29 is 9.53 Å². The Hall–Kier alpha value is -1.39. The van der Waals surface area contributed by atoms with Crippen molar-refractivity contribution in [2.24, 2.45) is 5.92 Å². The molecule has 108 valence electrons. The summed E-state index contributed by atoms with van der Waals surface area (Å²) in [4.78, 5) is 11.9. The van der Waals surface area contributed by atoms with Crippen molar-refractivity contribution >= 4 is 5.91 Å². The van der Waals surface area contributed by atoms with Crippen LogP contribution in [0.1, 0.15) is 24.8 Å². The highest BCUT2D eigenvalue weighted by Crippen LogP contribution is 2.38. The summed E-state index contributed by atoms with van der Waals surface area (Å²) in [7, 11) is 0. The van der Waals surface area contributed by atoms with E-state index < -0.39 is 0 Å². The van der Waals surface area contributed by atoms with Gasteiger partial charge in [-0.1, -0.05) is 30.3 Å². The van der Waals surface area contributed by atoms with Crippen LogP contribution in [0.5, 0.6) is 0 Å². The Morgan fingerprint density at radius 1 is 1.20 bits per heavy atom. The highest BCUT2D eigenvalue weighted by Gasteiger charge is 2.40. The molecule has 2 unspecified atom stereocenters. The molecule has 2 atom stereocenters. The van der Waals surface area contributed by atoms with Crippen LogP contribution in [-0.4, -0.2) is 31.2 Å². The summed E-state index contributed by atoms with van der Waals surface area (Å²) in [6.45, 7) is 1.79. The van der Waals surface area contributed by atoms with Crippen molar-refractivity contribution in [1.29, 1.82) is 0 Å². The highest BCUT2D eigenvalue weighted by atomic mass is 16.5. The van der Waals surface area contributed by atoms with Crippen molar-refractivity contribution in [3.63, 3.8) is 0 Å². The summed E-state index contributed by atoms with van der Waals surface area (Å²) in [5, 5.41) is 6.29. The number of carbonyl (C=O) groups excluding carboxylic acids is 1. The first-order valence-corrected chi connectivity index (χ1v) is 7.48. The summed E-state index contributed by atoms with van der Waals surface area (Å²) in [5.74, 6) is 0.776. The van der Waals surface area contributed by atoms with E-state index in [1.807, 2.05) is 30.3 Å². The van der Waals surface area contributed by atoms with Crippen LogP contribution in [0.3, 0.4) is 0 Å². The maximum atomic E-state index is 11.9. The van der Waals surface area contributed by atoms with Crippen LogP contribution >= 0.6 is 0 Å². The first kappa shape index (κ1) is 13.6. The van der Waals surface area contributed by atoms with Gasteiger partial charge in [0.25, 0.3) is 0 Å². The van der Waals surface area contributed by atoms with Crippen molar-refractivity contribution in [3.8, 4) is 0 Å². The molecule has 0 spiro atoms. The van der Waals surface area contributed by atoms with Crippen molar-refractivity contribution in [3.05, 3.63) is 35.9 Å². The van der Waals surface area contributed by atoms with Gasteiger partial charge in [0.05, 0.1) is 12.6 Å². The van der Waals surface area contributed by atoms with E-state index >= 15 is 0 Å². The van der Waals surface area contributed by atoms with Gasteiger partial charge in [0.15, 0.2) is 0 Å². The first-order chi connectivity index (χ1) is 9.83. The molecule has 1 aromatic carbocycles.